The Morgan fingerprint density at radius 1 is 1.42 bits per heavy atom. The summed E-state index contributed by atoms with van der Waals surface area (Å²) in [7, 11) is 0. The van der Waals surface area contributed by atoms with E-state index in [1.54, 1.807) is 29.3 Å². The summed E-state index contributed by atoms with van der Waals surface area (Å²) < 4.78 is 0. The predicted octanol–water partition coefficient (Wildman–Crippen LogP) is 3.82. The second kappa shape index (κ2) is 7.56. The van der Waals surface area contributed by atoms with Crippen molar-refractivity contribution in [1.82, 2.24) is 4.98 Å². The largest absolute Gasteiger partial charge is 0.395 e. The molecule has 0 atom stereocenters. The molecule has 0 aliphatic rings. The van der Waals surface area contributed by atoms with Gasteiger partial charge in [0.05, 0.1) is 16.7 Å². The third-order valence-corrected chi connectivity index (χ3v) is 4.52. The van der Waals surface area contributed by atoms with Crippen LogP contribution in [-0.2, 0) is 5.75 Å². The van der Waals surface area contributed by atoms with E-state index >= 15 is 0 Å². The highest BCUT2D eigenvalue weighted by Gasteiger charge is 2.01. The standard InChI is InChI=1S/C14H12ClNOS2/c15-12-4-5-14(16-8-12)19-10-13-7-11(9-18-13)3-1-2-6-17/h4-5,7-9,17H,2,6,10H2. The summed E-state index contributed by atoms with van der Waals surface area (Å²) in [5.41, 5.74) is 1.01. The van der Waals surface area contributed by atoms with E-state index in [1.807, 2.05) is 17.5 Å². The molecule has 2 aromatic rings. The summed E-state index contributed by atoms with van der Waals surface area (Å²) in [4.78, 5) is 5.50. The monoisotopic (exact) mass is 309 g/mol. The van der Waals surface area contributed by atoms with Crippen molar-refractivity contribution < 1.29 is 5.11 Å². The lowest BCUT2D eigenvalue weighted by Gasteiger charge is -1.98. The maximum atomic E-state index is 8.66. The van der Waals surface area contributed by atoms with Gasteiger partial charge in [-0.25, -0.2) is 4.98 Å². The summed E-state index contributed by atoms with van der Waals surface area (Å²) in [5, 5.41) is 12.3. The van der Waals surface area contributed by atoms with Crippen LogP contribution in [0.3, 0.4) is 0 Å². The van der Waals surface area contributed by atoms with Gasteiger partial charge in [-0.15, -0.1) is 23.1 Å². The molecule has 2 nitrogen and oxygen atoms in total. The van der Waals surface area contributed by atoms with E-state index in [2.05, 4.69) is 22.9 Å². The van der Waals surface area contributed by atoms with Crippen LogP contribution in [0.15, 0.2) is 34.8 Å². The van der Waals surface area contributed by atoms with Crippen LogP contribution < -0.4 is 0 Å². The van der Waals surface area contributed by atoms with E-state index in [0.717, 1.165) is 16.3 Å². The number of aliphatic hydroxyl groups is 1. The predicted molar refractivity (Wildman–Crippen MR) is 81.7 cm³/mol. The molecule has 0 fully saturated rings. The Morgan fingerprint density at radius 2 is 2.32 bits per heavy atom. The van der Waals surface area contributed by atoms with Crippen LogP contribution >= 0.6 is 34.7 Å². The Bertz CT molecular complexity index is 583. The van der Waals surface area contributed by atoms with Crippen molar-refractivity contribution in [2.45, 2.75) is 17.2 Å². The molecule has 5 heteroatoms. The number of thioether (sulfide) groups is 1. The van der Waals surface area contributed by atoms with E-state index in [-0.39, 0.29) is 6.61 Å². The SMILES string of the molecule is OCCC#Cc1csc(CSc2ccc(Cl)cn2)c1. The molecular formula is C14H12ClNOS2. The fourth-order valence-electron chi connectivity index (χ4n) is 1.34. The van der Waals surface area contributed by atoms with Crippen molar-refractivity contribution in [1.29, 1.82) is 0 Å². The summed E-state index contributed by atoms with van der Waals surface area (Å²) in [5.74, 6) is 6.82. The Balaban J connectivity index is 1.90. The number of nitrogens with zero attached hydrogens (tertiary/aromatic N) is 1. The number of thiophene rings is 1. The molecule has 0 unspecified atom stereocenters. The fourth-order valence-corrected chi connectivity index (χ4v) is 3.16. The van der Waals surface area contributed by atoms with Gasteiger partial charge in [-0.05, 0) is 18.2 Å². The van der Waals surface area contributed by atoms with Crippen LogP contribution in [0.2, 0.25) is 5.02 Å². The number of hydrogen-bond acceptors (Lipinski definition) is 4. The van der Waals surface area contributed by atoms with Crippen molar-refractivity contribution in [2.24, 2.45) is 0 Å². The van der Waals surface area contributed by atoms with E-state index in [4.69, 9.17) is 16.7 Å². The van der Waals surface area contributed by atoms with E-state index in [1.165, 1.54) is 4.88 Å². The molecule has 19 heavy (non-hydrogen) atoms. The highest BCUT2D eigenvalue weighted by molar-refractivity contribution is 7.98. The topological polar surface area (TPSA) is 33.1 Å². The van der Waals surface area contributed by atoms with Crippen LogP contribution in [0.4, 0.5) is 0 Å². The van der Waals surface area contributed by atoms with Gasteiger partial charge in [-0.2, -0.15) is 0 Å². The molecule has 0 spiro atoms. The molecule has 2 rings (SSSR count). The molecule has 0 saturated carbocycles. The smallest absolute Gasteiger partial charge is 0.0964 e. The molecular weight excluding hydrogens is 298 g/mol. The van der Waals surface area contributed by atoms with Gasteiger partial charge in [-0.1, -0.05) is 23.4 Å². The zero-order valence-corrected chi connectivity index (χ0v) is 12.5. The number of aromatic nitrogens is 1. The van der Waals surface area contributed by atoms with Crippen molar-refractivity contribution in [3.05, 3.63) is 45.2 Å². The van der Waals surface area contributed by atoms with Crippen molar-refractivity contribution in [3.63, 3.8) is 0 Å². The van der Waals surface area contributed by atoms with Crippen LogP contribution in [0, 0.1) is 11.8 Å². The van der Waals surface area contributed by atoms with Gasteiger partial charge >= 0.3 is 0 Å². The van der Waals surface area contributed by atoms with Gasteiger partial charge in [-0.3, -0.25) is 0 Å². The summed E-state index contributed by atoms with van der Waals surface area (Å²) in [6.45, 7) is 0.113. The summed E-state index contributed by atoms with van der Waals surface area (Å²) in [6.07, 6.45) is 2.18. The normalized spacial score (nSPS) is 10.0. The lowest BCUT2D eigenvalue weighted by molar-refractivity contribution is 0.305. The van der Waals surface area contributed by atoms with Crippen molar-refractivity contribution >= 4 is 34.7 Å². The van der Waals surface area contributed by atoms with Crippen LogP contribution in [-0.4, -0.2) is 16.7 Å². The molecule has 0 aliphatic carbocycles. The first-order valence-electron chi connectivity index (χ1n) is 5.69. The number of rotatable bonds is 4. The third kappa shape index (κ3) is 4.88. The number of halogens is 1. The first kappa shape index (κ1) is 14.4. The molecule has 0 aromatic carbocycles. The Hall–Kier alpha value is -0.990. The van der Waals surface area contributed by atoms with Crippen LogP contribution in [0.25, 0.3) is 0 Å². The van der Waals surface area contributed by atoms with Gasteiger partial charge in [0.25, 0.3) is 0 Å². The zero-order chi connectivity index (χ0) is 13.5. The van der Waals surface area contributed by atoms with Crippen molar-refractivity contribution in [3.8, 4) is 11.8 Å². The van der Waals surface area contributed by atoms with Gasteiger partial charge in [0.1, 0.15) is 0 Å². The second-order valence-corrected chi connectivity index (χ2v) is 6.11. The first-order valence-corrected chi connectivity index (χ1v) is 7.94. The number of pyridine rings is 1. The average molecular weight is 310 g/mol. The summed E-state index contributed by atoms with van der Waals surface area (Å²) in [6, 6.07) is 5.84. The minimum atomic E-state index is 0.113. The van der Waals surface area contributed by atoms with Gasteiger partial charge in [0.2, 0.25) is 0 Å². The maximum absolute atomic E-state index is 8.66. The molecule has 0 radical (unpaired) electrons. The molecule has 98 valence electrons. The Labute approximate surface area is 125 Å². The lowest BCUT2D eigenvalue weighted by Crippen LogP contribution is -1.80. The molecule has 1 N–H and O–H groups in total. The van der Waals surface area contributed by atoms with Gasteiger partial charge < -0.3 is 5.11 Å². The maximum Gasteiger partial charge on any atom is 0.0964 e. The molecule has 0 saturated heterocycles. The Kier molecular flexibility index (Phi) is 5.74. The van der Waals surface area contributed by atoms with E-state index in [0.29, 0.717) is 11.4 Å². The second-order valence-electron chi connectivity index (χ2n) is 3.68. The minimum Gasteiger partial charge on any atom is -0.395 e. The highest BCUT2D eigenvalue weighted by atomic mass is 35.5. The lowest BCUT2D eigenvalue weighted by atomic mass is 10.3. The van der Waals surface area contributed by atoms with Crippen molar-refractivity contribution in [2.75, 3.05) is 6.61 Å². The number of hydrogen-bond donors (Lipinski definition) is 1. The molecule has 0 aliphatic heterocycles. The fraction of sp³-hybridized carbons (Fsp3) is 0.214. The molecule has 2 aromatic heterocycles. The molecule has 2 heterocycles. The third-order valence-electron chi connectivity index (χ3n) is 2.19. The molecule has 0 amide bonds. The number of aliphatic hydroxyl groups excluding tert-OH is 1. The van der Waals surface area contributed by atoms with Gasteiger partial charge in [0.15, 0.2) is 0 Å². The van der Waals surface area contributed by atoms with Crippen LogP contribution in [0.5, 0.6) is 0 Å². The minimum absolute atomic E-state index is 0.113. The first-order chi connectivity index (χ1) is 9.28. The van der Waals surface area contributed by atoms with E-state index < -0.39 is 0 Å². The molecule has 0 bridgehead atoms. The highest BCUT2D eigenvalue weighted by Crippen LogP contribution is 2.25. The zero-order valence-electron chi connectivity index (χ0n) is 10.1. The van der Waals surface area contributed by atoms with Gasteiger partial charge in [0, 0.05) is 34.2 Å². The van der Waals surface area contributed by atoms with E-state index in [9.17, 15) is 0 Å². The average Bonchev–Trinajstić information content (AvgIpc) is 2.86. The summed E-state index contributed by atoms with van der Waals surface area (Å²) >= 11 is 9.16. The Morgan fingerprint density at radius 3 is 3.05 bits per heavy atom. The quantitative estimate of drug-likeness (QED) is 0.688. The van der Waals surface area contributed by atoms with Crippen LogP contribution in [0.1, 0.15) is 16.9 Å².